The Hall–Kier alpha value is -1.87. The number of nitrogens with one attached hydrogen (secondary N) is 1. The standard InChI is InChI=1S/C18H19Br2N3O4/c19-12-7-11(16(25)13(20)9-12)8-14-17(26)23(18(27)21-14)10-15(24)22-5-3-1-2-4-6-22/h7-9,25H,1-6,10H2,(H,21,27)/b14-8-. The highest BCUT2D eigenvalue weighted by atomic mass is 79.9. The van der Waals surface area contributed by atoms with E-state index in [0.29, 0.717) is 27.6 Å². The van der Waals surface area contributed by atoms with Gasteiger partial charge in [0.15, 0.2) is 0 Å². The number of carbonyl (C=O) groups excluding carboxylic acids is 3. The minimum Gasteiger partial charge on any atom is -0.506 e. The van der Waals surface area contributed by atoms with Crippen molar-refractivity contribution in [2.24, 2.45) is 0 Å². The van der Waals surface area contributed by atoms with Crippen LogP contribution in [-0.2, 0) is 9.59 Å². The molecule has 7 nitrogen and oxygen atoms in total. The number of nitrogens with zero attached hydrogens (tertiary/aromatic N) is 2. The van der Waals surface area contributed by atoms with Crippen molar-refractivity contribution >= 4 is 55.8 Å². The van der Waals surface area contributed by atoms with Crippen LogP contribution in [0.25, 0.3) is 6.08 Å². The summed E-state index contributed by atoms with van der Waals surface area (Å²) in [6.45, 7) is 1.03. The largest absolute Gasteiger partial charge is 0.506 e. The van der Waals surface area contributed by atoms with E-state index in [0.717, 1.165) is 30.6 Å². The normalized spacial score (nSPS) is 19.4. The molecule has 0 bridgehead atoms. The van der Waals surface area contributed by atoms with Gasteiger partial charge in [-0.15, -0.1) is 0 Å². The molecule has 2 aliphatic rings. The van der Waals surface area contributed by atoms with E-state index in [-0.39, 0.29) is 23.9 Å². The van der Waals surface area contributed by atoms with Crippen molar-refractivity contribution in [3.63, 3.8) is 0 Å². The molecule has 0 aromatic heterocycles. The van der Waals surface area contributed by atoms with Crippen molar-refractivity contribution in [2.75, 3.05) is 19.6 Å². The third-order valence-corrected chi connectivity index (χ3v) is 5.63. The van der Waals surface area contributed by atoms with Gasteiger partial charge >= 0.3 is 6.03 Å². The zero-order valence-corrected chi connectivity index (χ0v) is 17.7. The summed E-state index contributed by atoms with van der Waals surface area (Å²) in [5.74, 6) is -0.861. The smallest absolute Gasteiger partial charge is 0.329 e. The van der Waals surface area contributed by atoms with Crippen molar-refractivity contribution in [3.05, 3.63) is 32.3 Å². The average molecular weight is 501 g/mol. The molecule has 1 aromatic carbocycles. The third kappa shape index (κ3) is 4.52. The number of hydrogen-bond acceptors (Lipinski definition) is 4. The molecule has 3 rings (SSSR count). The van der Waals surface area contributed by atoms with Crippen LogP contribution in [-0.4, -0.2) is 52.4 Å². The fourth-order valence-electron chi connectivity index (χ4n) is 3.12. The van der Waals surface area contributed by atoms with Gasteiger partial charge in [-0.05, 0) is 47.0 Å². The van der Waals surface area contributed by atoms with Gasteiger partial charge < -0.3 is 15.3 Å². The predicted octanol–water partition coefficient (Wildman–Crippen LogP) is 3.21. The van der Waals surface area contributed by atoms with Crippen LogP contribution in [0.5, 0.6) is 5.75 Å². The molecule has 2 saturated heterocycles. The van der Waals surface area contributed by atoms with Crippen LogP contribution in [0.15, 0.2) is 26.8 Å². The van der Waals surface area contributed by atoms with Gasteiger partial charge in [0.25, 0.3) is 5.91 Å². The average Bonchev–Trinajstić information content (AvgIpc) is 2.83. The fourth-order valence-corrected chi connectivity index (χ4v) is 4.38. The molecule has 0 unspecified atom stereocenters. The van der Waals surface area contributed by atoms with Gasteiger partial charge in [0.2, 0.25) is 5.91 Å². The van der Waals surface area contributed by atoms with E-state index < -0.39 is 11.9 Å². The van der Waals surface area contributed by atoms with Crippen molar-refractivity contribution in [2.45, 2.75) is 25.7 Å². The summed E-state index contributed by atoms with van der Waals surface area (Å²) in [5.41, 5.74) is 0.379. The number of carbonyl (C=O) groups is 3. The second-order valence-electron chi connectivity index (χ2n) is 6.50. The molecular weight excluding hydrogens is 482 g/mol. The van der Waals surface area contributed by atoms with Crippen LogP contribution in [0, 0.1) is 0 Å². The first-order chi connectivity index (χ1) is 12.9. The van der Waals surface area contributed by atoms with E-state index in [2.05, 4.69) is 37.2 Å². The molecule has 9 heteroatoms. The molecule has 1 aromatic rings. The summed E-state index contributed by atoms with van der Waals surface area (Å²) in [6, 6.07) is 2.65. The Morgan fingerprint density at radius 2 is 1.81 bits per heavy atom. The lowest BCUT2D eigenvalue weighted by molar-refractivity contribution is -0.135. The maximum atomic E-state index is 12.6. The van der Waals surface area contributed by atoms with Crippen LogP contribution in [0.1, 0.15) is 31.2 Å². The Balaban J connectivity index is 1.76. The monoisotopic (exact) mass is 499 g/mol. The predicted molar refractivity (Wildman–Crippen MR) is 107 cm³/mol. The zero-order chi connectivity index (χ0) is 19.6. The minimum absolute atomic E-state index is 0.0176. The SMILES string of the molecule is O=C(CN1C(=O)N/C(=C\c2cc(Br)cc(Br)c2O)C1=O)N1CCCCCC1. The van der Waals surface area contributed by atoms with Gasteiger partial charge in [-0.25, -0.2) is 9.69 Å². The number of halogens is 2. The number of imide groups is 1. The number of amides is 4. The van der Waals surface area contributed by atoms with E-state index in [1.165, 1.54) is 6.08 Å². The lowest BCUT2D eigenvalue weighted by Gasteiger charge is -2.22. The summed E-state index contributed by atoms with van der Waals surface area (Å²) >= 11 is 6.54. The summed E-state index contributed by atoms with van der Waals surface area (Å²) in [4.78, 5) is 39.9. The molecule has 2 fully saturated rings. The number of aromatic hydroxyl groups is 1. The second-order valence-corrected chi connectivity index (χ2v) is 8.27. The van der Waals surface area contributed by atoms with E-state index in [9.17, 15) is 19.5 Å². The number of benzene rings is 1. The summed E-state index contributed by atoms with van der Waals surface area (Å²) in [6.07, 6.45) is 5.45. The summed E-state index contributed by atoms with van der Waals surface area (Å²) in [5, 5.41) is 12.6. The Bertz CT molecular complexity index is 817. The van der Waals surface area contributed by atoms with Crippen LogP contribution in [0.4, 0.5) is 4.79 Å². The third-order valence-electron chi connectivity index (χ3n) is 4.57. The lowest BCUT2D eigenvalue weighted by atomic mass is 10.1. The van der Waals surface area contributed by atoms with Crippen LogP contribution in [0.2, 0.25) is 0 Å². The van der Waals surface area contributed by atoms with Crippen molar-refractivity contribution < 1.29 is 19.5 Å². The highest BCUT2D eigenvalue weighted by molar-refractivity contribution is 9.11. The Morgan fingerprint density at radius 1 is 1.15 bits per heavy atom. The molecule has 2 heterocycles. The first-order valence-electron chi connectivity index (χ1n) is 8.67. The van der Waals surface area contributed by atoms with E-state index in [1.807, 2.05) is 0 Å². The molecule has 0 aliphatic carbocycles. The molecule has 2 N–H and O–H groups in total. The number of phenolic OH excluding ortho intramolecular Hbond substituents is 1. The molecule has 4 amide bonds. The first kappa shape index (κ1) is 19.9. The van der Waals surface area contributed by atoms with Gasteiger partial charge in [0.1, 0.15) is 18.0 Å². The summed E-state index contributed by atoms with van der Waals surface area (Å²) in [7, 11) is 0. The van der Waals surface area contributed by atoms with Crippen LogP contribution in [0.3, 0.4) is 0 Å². The van der Waals surface area contributed by atoms with Gasteiger partial charge in [-0.1, -0.05) is 28.8 Å². The molecule has 144 valence electrons. The summed E-state index contributed by atoms with van der Waals surface area (Å²) < 4.78 is 1.15. The van der Waals surface area contributed by atoms with Crippen molar-refractivity contribution in [3.8, 4) is 5.75 Å². The first-order valence-corrected chi connectivity index (χ1v) is 10.3. The highest BCUT2D eigenvalue weighted by Gasteiger charge is 2.36. The molecule has 27 heavy (non-hydrogen) atoms. The number of rotatable bonds is 3. The van der Waals surface area contributed by atoms with Crippen molar-refractivity contribution in [1.29, 1.82) is 0 Å². The number of likely N-dealkylation sites (tertiary alicyclic amines) is 1. The Labute approximate surface area is 173 Å². The quantitative estimate of drug-likeness (QED) is 0.492. The molecule has 2 aliphatic heterocycles. The fraction of sp³-hybridized carbons (Fsp3) is 0.389. The van der Waals surface area contributed by atoms with Gasteiger partial charge in [0, 0.05) is 23.1 Å². The van der Waals surface area contributed by atoms with E-state index >= 15 is 0 Å². The number of urea groups is 1. The van der Waals surface area contributed by atoms with Crippen LogP contribution < -0.4 is 5.32 Å². The van der Waals surface area contributed by atoms with E-state index in [4.69, 9.17) is 0 Å². The van der Waals surface area contributed by atoms with Crippen molar-refractivity contribution in [1.82, 2.24) is 15.1 Å². The lowest BCUT2D eigenvalue weighted by Crippen LogP contribution is -2.43. The maximum Gasteiger partial charge on any atom is 0.329 e. The zero-order valence-electron chi connectivity index (χ0n) is 14.5. The second kappa shape index (κ2) is 8.43. The number of hydrogen-bond donors (Lipinski definition) is 2. The topological polar surface area (TPSA) is 90.0 Å². The number of phenols is 1. The molecule has 0 atom stereocenters. The molecule has 0 spiro atoms. The molecular formula is C18H19Br2N3O4. The van der Waals surface area contributed by atoms with E-state index in [1.54, 1.807) is 17.0 Å². The van der Waals surface area contributed by atoms with Gasteiger partial charge in [-0.2, -0.15) is 0 Å². The molecule has 0 radical (unpaired) electrons. The van der Waals surface area contributed by atoms with Crippen LogP contribution >= 0.6 is 31.9 Å². The van der Waals surface area contributed by atoms with Gasteiger partial charge in [-0.3, -0.25) is 9.59 Å². The maximum absolute atomic E-state index is 12.6. The minimum atomic E-state index is -0.636. The Kier molecular flexibility index (Phi) is 6.21. The highest BCUT2D eigenvalue weighted by Crippen LogP contribution is 2.33. The molecule has 0 saturated carbocycles. The van der Waals surface area contributed by atoms with Gasteiger partial charge in [0.05, 0.1) is 4.47 Å². The Morgan fingerprint density at radius 3 is 2.48 bits per heavy atom.